The van der Waals surface area contributed by atoms with Gasteiger partial charge in [-0.2, -0.15) is 11.8 Å². The van der Waals surface area contributed by atoms with Gasteiger partial charge in [0.05, 0.1) is 0 Å². The Labute approximate surface area is 89.3 Å². The highest BCUT2D eigenvalue weighted by atomic mass is 32.2. The van der Waals surface area contributed by atoms with E-state index < -0.39 is 0 Å². The zero-order valence-electron chi connectivity index (χ0n) is 8.28. The average molecular weight is 208 g/mol. The van der Waals surface area contributed by atoms with Gasteiger partial charge >= 0.3 is 0 Å². The van der Waals surface area contributed by atoms with Crippen molar-refractivity contribution < 1.29 is 0 Å². The van der Waals surface area contributed by atoms with E-state index in [1.54, 1.807) is 0 Å². The van der Waals surface area contributed by atoms with Crippen LogP contribution < -0.4 is 5.73 Å². The van der Waals surface area contributed by atoms with Crippen LogP contribution in [0.25, 0.3) is 0 Å². The molecule has 3 heteroatoms. The minimum Gasteiger partial charge on any atom is -0.330 e. The first-order valence-corrected chi connectivity index (χ1v) is 6.22. The van der Waals surface area contributed by atoms with E-state index in [0.29, 0.717) is 0 Å². The minimum absolute atomic E-state index is 0.265. The number of hydrogen-bond donors (Lipinski definition) is 1. The standard InChI is InChI=1S/C11H16N2S/c12-6-4-11(5-8-14-9-11)10-3-1-2-7-13-10/h1-3,7H,4-6,8-9,12H2. The normalized spacial score (nSPS) is 26.6. The van der Waals surface area contributed by atoms with E-state index in [9.17, 15) is 0 Å². The molecule has 0 saturated carbocycles. The lowest BCUT2D eigenvalue weighted by molar-refractivity contribution is 0.440. The quantitative estimate of drug-likeness (QED) is 0.823. The average Bonchev–Trinajstić information content (AvgIpc) is 2.70. The summed E-state index contributed by atoms with van der Waals surface area (Å²) in [7, 11) is 0. The lowest BCUT2D eigenvalue weighted by Crippen LogP contribution is -2.29. The van der Waals surface area contributed by atoms with E-state index in [1.165, 1.54) is 23.6 Å². The number of nitrogens with two attached hydrogens (primary N) is 1. The molecule has 14 heavy (non-hydrogen) atoms. The van der Waals surface area contributed by atoms with Crippen LogP contribution >= 0.6 is 11.8 Å². The molecule has 76 valence electrons. The number of hydrogen-bond acceptors (Lipinski definition) is 3. The third-order valence-electron chi connectivity index (χ3n) is 2.93. The molecule has 0 aliphatic carbocycles. The Balaban J connectivity index is 2.27. The van der Waals surface area contributed by atoms with Crippen molar-refractivity contribution in [2.24, 2.45) is 5.73 Å². The number of rotatable bonds is 3. The molecule has 0 aromatic carbocycles. The van der Waals surface area contributed by atoms with Crippen molar-refractivity contribution in [1.29, 1.82) is 0 Å². The maximum absolute atomic E-state index is 5.69. The molecule has 2 rings (SSSR count). The van der Waals surface area contributed by atoms with E-state index >= 15 is 0 Å². The van der Waals surface area contributed by atoms with Crippen LogP contribution in [-0.4, -0.2) is 23.0 Å². The third kappa shape index (κ3) is 1.79. The van der Waals surface area contributed by atoms with E-state index in [0.717, 1.165) is 13.0 Å². The lowest BCUT2D eigenvalue weighted by Gasteiger charge is -2.26. The van der Waals surface area contributed by atoms with E-state index in [1.807, 2.05) is 24.0 Å². The molecule has 1 aromatic heterocycles. The first-order valence-electron chi connectivity index (χ1n) is 5.07. The molecule has 1 atom stereocenters. The molecule has 0 spiro atoms. The van der Waals surface area contributed by atoms with Crippen molar-refractivity contribution in [3.63, 3.8) is 0 Å². The second kappa shape index (κ2) is 4.32. The molecule has 1 aliphatic rings. The van der Waals surface area contributed by atoms with E-state index in [4.69, 9.17) is 5.73 Å². The topological polar surface area (TPSA) is 38.9 Å². The largest absolute Gasteiger partial charge is 0.330 e. The summed E-state index contributed by atoms with van der Waals surface area (Å²) < 4.78 is 0. The zero-order chi connectivity index (χ0) is 9.86. The predicted molar refractivity (Wildman–Crippen MR) is 61.5 cm³/mol. The first kappa shape index (κ1) is 9.99. The van der Waals surface area contributed by atoms with Gasteiger partial charge in [-0.15, -0.1) is 0 Å². The number of thioether (sulfide) groups is 1. The SMILES string of the molecule is NCCC1(c2ccccn2)CCSC1. The Bertz CT molecular complexity index is 281. The maximum Gasteiger partial charge on any atom is 0.0474 e. The Hall–Kier alpha value is -0.540. The molecule has 1 unspecified atom stereocenters. The van der Waals surface area contributed by atoms with Crippen LogP contribution in [-0.2, 0) is 5.41 Å². The maximum atomic E-state index is 5.69. The molecule has 1 fully saturated rings. The van der Waals surface area contributed by atoms with Gasteiger partial charge in [0.25, 0.3) is 0 Å². The summed E-state index contributed by atoms with van der Waals surface area (Å²) in [6, 6.07) is 6.19. The summed E-state index contributed by atoms with van der Waals surface area (Å²) >= 11 is 2.02. The van der Waals surface area contributed by atoms with Crippen molar-refractivity contribution in [3.8, 4) is 0 Å². The second-order valence-corrected chi connectivity index (χ2v) is 4.94. The Morgan fingerprint density at radius 3 is 3.00 bits per heavy atom. The van der Waals surface area contributed by atoms with Gasteiger partial charge in [-0.1, -0.05) is 6.07 Å². The predicted octanol–water partition coefficient (Wildman–Crippen LogP) is 1.81. The molecule has 0 bridgehead atoms. The van der Waals surface area contributed by atoms with Crippen molar-refractivity contribution in [3.05, 3.63) is 30.1 Å². The van der Waals surface area contributed by atoms with Gasteiger partial charge in [0.2, 0.25) is 0 Å². The zero-order valence-corrected chi connectivity index (χ0v) is 9.09. The highest BCUT2D eigenvalue weighted by Gasteiger charge is 2.36. The molecule has 0 radical (unpaired) electrons. The fourth-order valence-electron chi connectivity index (χ4n) is 2.09. The highest BCUT2D eigenvalue weighted by molar-refractivity contribution is 7.99. The Morgan fingerprint density at radius 2 is 2.43 bits per heavy atom. The van der Waals surface area contributed by atoms with Crippen LogP contribution in [0.4, 0.5) is 0 Å². The fourth-order valence-corrected chi connectivity index (χ4v) is 3.59. The lowest BCUT2D eigenvalue weighted by atomic mass is 9.80. The second-order valence-electron chi connectivity index (χ2n) is 3.84. The molecule has 2 nitrogen and oxygen atoms in total. The van der Waals surface area contributed by atoms with Gasteiger partial charge < -0.3 is 5.73 Å². The van der Waals surface area contributed by atoms with Gasteiger partial charge in [0.15, 0.2) is 0 Å². The van der Waals surface area contributed by atoms with Crippen molar-refractivity contribution >= 4 is 11.8 Å². The third-order valence-corrected chi connectivity index (χ3v) is 4.18. The monoisotopic (exact) mass is 208 g/mol. The molecule has 1 aliphatic heterocycles. The molecule has 2 heterocycles. The molecule has 2 N–H and O–H groups in total. The summed E-state index contributed by atoms with van der Waals surface area (Å²) in [6.07, 6.45) is 4.18. The summed E-state index contributed by atoms with van der Waals surface area (Å²) in [5, 5.41) is 0. The Kier molecular flexibility index (Phi) is 3.08. The van der Waals surface area contributed by atoms with Gasteiger partial charge in [-0.05, 0) is 37.3 Å². The van der Waals surface area contributed by atoms with Gasteiger partial charge in [-0.3, -0.25) is 4.98 Å². The van der Waals surface area contributed by atoms with Crippen LogP contribution in [0.15, 0.2) is 24.4 Å². The highest BCUT2D eigenvalue weighted by Crippen LogP contribution is 2.40. The summed E-state index contributed by atoms with van der Waals surface area (Å²) in [5.74, 6) is 2.43. The summed E-state index contributed by atoms with van der Waals surface area (Å²) in [6.45, 7) is 0.761. The van der Waals surface area contributed by atoms with Crippen LogP contribution in [0.2, 0.25) is 0 Å². The number of nitrogens with zero attached hydrogens (tertiary/aromatic N) is 1. The van der Waals surface area contributed by atoms with E-state index in [2.05, 4.69) is 17.1 Å². The molecule has 0 amide bonds. The van der Waals surface area contributed by atoms with Crippen LogP contribution in [0.3, 0.4) is 0 Å². The molecule has 1 saturated heterocycles. The van der Waals surface area contributed by atoms with Crippen LogP contribution in [0.5, 0.6) is 0 Å². The summed E-state index contributed by atoms with van der Waals surface area (Å²) in [5.41, 5.74) is 7.19. The van der Waals surface area contributed by atoms with Crippen LogP contribution in [0, 0.1) is 0 Å². The smallest absolute Gasteiger partial charge is 0.0474 e. The van der Waals surface area contributed by atoms with Crippen molar-refractivity contribution in [2.75, 3.05) is 18.1 Å². The van der Waals surface area contributed by atoms with Gasteiger partial charge in [-0.25, -0.2) is 0 Å². The van der Waals surface area contributed by atoms with Crippen molar-refractivity contribution in [1.82, 2.24) is 4.98 Å². The van der Waals surface area contributed by atoms with Gasteiger partial charge in [0.1, 0.15) is 0 Å². The minimum atomic E-state index is 0.265. The first-order chi connectivity index (χ1) is 6.87. The van der Waals surface area contributed by atoms with E-state index in [-0.39, 0.29) is 5.41 Å². The summed E-state index contributed by atoms with van der Waals surface area (Å²) in [4.78, 5) is 4.48. The number of pyridine rings is 1. The van der Waals surface area contributed by atoms with Crippen molar-refractivity contribution in [2.45, 2.75) is 18.3 Å². The molecular weight excluding hydrogens is 192 g/mol. The number of aromatic nitrogens is 1. The fraction of sp³-hybridized carbons (Fsp3) is 0.545. The van der Waals surface area contributed by atoms with Gasteiger partial charge in [0, 0.05) is 23.1 Å². The molecule has 1 aromatic rings. The Morgan fingerprint density at radius 1 is 1.50 bits per heavy atom. The van der Waals surface area contributed by atoms with Crippen LogP contribution in [0.1, 0.15) is 18.5 Å². The molecular formula is C11H16N2S.